The quantitative estimate of drug-likeness (QED) is 0.156. The maximum absolute atomic E-state index is 11.5. The maximum atomic E-state index is 11.5. The van der Waals surface area contributed by atoms with Crippen molar-refractivity contribution in [3.63, 3.8) is 0 Å². The van der Waals surface area contributed by atoms with Gasteiger partial charge >= 0.3 is 5.97 Å². The van der Waals surface area contributed by atoms with Crippen molar-refractivity contribution in [3.05, 3.63) is 12.2 Å². The number of hydrogen-bond acceptors (Lipinski definition) is 3. The van der Waals surface area contributed by atoms with Gasteiger partial charge in [-0.3, -0.25) is 0 Å². The predicted octanol–water partition coefficient (Wildman–Crippen LogP) is 6.73. The van der Waals surface area contributed by atoms with E-state index in [9.17, 15) is 9.90 Å². The van der Waals surface area contributed by atoms with Crippen LogP contribution in [0.15, 0.2) is 12.2 Å². The van der Waals surface area contributed by atoms with Gasteiger partial charge in [0.15, 0.2) is 0 Å². The van der Waals surface area contributed by atoms with Crippen LogP contribution >= 0.6 is 0 Å². The molecule has 0 spiro atoms. The van der Waals surface area contributed by atoms with Crippen LogP contribution in [0.4, 0.5) is 0 Å². The van der Waals surface area contributed by atoms with Crippen molar-refractivity contribution in [3.8, 4) is 0 Å². The average Bonchev–Trinajstić information content (AvgIpc) is 2.63. The highest BCUT2D eigenvalue weighted by molar-refractivity contribution is 5.88. The topological polar surface area (TPSA) is 46.5 Å². The Morgan fingerprint density at radius 1 is 0.769 bits per heavy atom. The third-order valence-corrected chi connectivity index (χ3v) is 5.00. The standard InChI is InChI=1S/C23H44O3/c1-4-5-6-7-8-9-10-11-12-13-14-15-16-17-18-19-20-26-23(25)21(2)22(3)24/h22,24H,2,4-20H2,1,3H3. The van der Waals surface area contributed by atoms with E-state index in [4.69, 9.17) is 4.74 Å². The van der Waals surface area contributed by atoms with Crippen LogP contribution in [-0.2, 0) is 9.53 Å². The molecule has 0 saturated carbocycles. The van der Waals surface area contributed by atoms with E-state index in [0.717, 1.165) is 12.8 Å². The number of aliphatic hydroxyl groups is 1. The SMILES string of the molecule is C=C(C(=O)OCCCCCCCCCCCCCCCCCC)C(C)O. The fourth-order valence-electron chi connectivity index (χ4n) is 3.08. The Morgan fingerprint density at radius 3 is 1.46 bits per heavy atom. The first-order valence-electron chi connectivity index (χ1n) is 11.1. The molecule has 3 nitrogen and oxygen atoms in total. The Kier molecular flexibility index (Phi) is 18.3. The molecular weight excluding hydrogens is 324 g/mol. The van der Waals surface area contributed by atoms with Gasteiger partial charge < -0.3 is 9.84 Å². The Balaban J connectivity index is 3.16. The zero-order valence-electron chi connectivity index (χ0n) is 17.6. The second-order valence-electron chi connectivity index (χ2n) is 7.64. The third kappa shape index (κ3) is 16.6. The van der Waals surface area contributed by atoms with Crippen LogP contribution in [-0.4, -0.2) is 23.8 Å². The summed E-state index contributed by atoms with van der Waals surface area (Å²) in [6.07, 6.45) is 20.5. The first-order chi connectivity index (χ1) is 12.6. The number of carbonyl (C=O) groups is 1. The molecule has 0 aliphatic carbocycles. The molecule has 0 amide bonds. The van der Waals surface area contributed by atoms with E-state index in [0.29, 0.717) is 6.61 Å². The van der Waals surface area contributed by atoms with Crippen LogP contribution < -0.4 is 0 Å². The van der Waals surface area contributed by atoms with Crippen molar-refractivity contribution in [2.24, 2.45) is 0 Å². The number of esters is 1. The molecule has 0 rings (SSSR count). The number of aliphatic hydroxyl groups excluding tert-OH is 1. The van der Waals surface area contributed by atoms with Crippen LogP contribution in [0.5, 0.6) is 0 Å². The summed E-state index contributed by atoms with van der Waals surface area (Å²) in [5.41, 5.74) is 0.140. The van der Waals surface area contributed by atoms with Gasteiger partial charge in [0.25, 0.3) is 0 Å². The molecule has 0 radical (unpaired) electrons. The molecule has 0 heterocycles. The largest absolute Gasteiger partial charge is 0.462 e. The number of ether oxygens (including phenoxy) is 1. The molecule has 3 heteroatoms. The van der Waals surface area contributed by atoms with E-state index in [1.165, 1.54) is 96.8 Å². The van der Waals surface area contributed by atoms with Gasteiger partial charge in [0.2, 0.25) is 0 Å². The van der Waals surface area contributed by atoms with Gasteiger partial charge in [-0.2, -0.15) is 0 Å². The van der Waals surface area contributed by atoms with Gasteiger partial charge in [0, 0.05) is 0 Å². The number of carbonyl (C=O) groups excluding carboxylic acids is 1. The van der Waals surface area contributed by atoms with E-state index in [1.807, 2.05) is 0 Å². The third-order valence-electron chi connectivity index (χ3n) is 5.00. The Morgan fingerprint density at radius 2 is 1.12 bits per heavy atom. The molecule has 0 aliphatic rings. The molecule has 0 aliphatic heterocycles. The van der Waals surface area contributed by atoms with Crippen LogP contribution in [0.3, 0.4) is 0 Å². The molecule has 26 heavy (non-hydrogen) atoms. The molecule has 1 unspecified atom stereocenters. The van der Waals surface area contributed by atoms with Gasteiger partial charge in [-0.05, 0) is 13.3 Å². The van der Waals surface area contributed by atoms with E-state index in [-0.39, 0.29) is 5.57 Å². The maximum Gasteiger partial charge on any atom is 0.336 e. The second-order valence-corrected chi connectivity index (χ2v) is 7.64. The van der Waals surface area contributed by atoms with Gasteiger partial charge in [-0.15, -0.1) is 0 Å². The lowest BCUT2D eigenvalue weighted by atomic mass is 10.0. The van der Waals surface area contributed by atoms with Crippen molar-refractivity contribution in [1.82, 2.24) is 0 Å². The molecule has 0 aromatic rings. The van der Waals surface area contributed by atoms with Crippen molar-refractivity contribution >= 4 is 5.97 Å². The minimum Gasteiger partial charge on any atom is -0.462 e. The summed E-state index contributed by atoms with van der Waals surface area (Å²) in [7, 11) is 0. The lowest BCUT2D eigenvalue weighted by Crippen LogP contribution is -2.16. The molecule has 0 bridgehead atoms. The van der Waals surface area contributed by atoms with Crippen molar-refractivity contribution in [2.75, 3.05) is 6.61 Å². The zero-order chi connectivity index (χ0) is 19.5. The van der Waals surface area contributed by atoms with Gasteiger partial charge in [-0.25, -0.2) is 4.79 Å². The molecule has 0 saturated heterocycles. The van der Waals surface area contributed by atoms with E-state index < -0.39 is 12.1 Å². The number of rotatable bonds is 19. The van der Waals surface area contributed by atoms with Crippen LogP contribution in [0.25, 0.3) is 0 Å². The summed E-state index contributed by atoms with van der Waals surface area (Å²) in [6, 6.07) is 0. The number of unbranched alkanes of at least 4 members (excludes halogenated alkanes) is 15. The first kappa shape index (κ1) is 25.2. The summed E-state index contributed by atoms with van der Waals surface area (Å²) < 4.78 is 5.09. The van der Waals surface area contributed by atoms with E-state index in [2.05, 4.69) is 13.5 Å². The highest BCUT2D eigenvalue weighted by atomic mass is 16.5. The fourth-order valence-corrected chi connectivity index (χ4v) is 3.08. The minimum atomic E-state index is -0.826. The summed E-state index contributed by atoms with van der Waals surface area (Å²) >= 11 is 0. The highest BCUT2D eigenvalue weighted by Gasteiger charge is 2.12. The summed E-state index contributed by atoms with van der Waals surface area (Å²) in [4.78, 5) is 11.5. The average molecular weight is 369 g/mol. The van der Waals surface area contributed by atoms with Crippen molar-refractivity contribution in [1.29, 1.82) is 0 Å². The van der Waals surface area contributed by atoms with E-state index in [1.54, 1.807) is 0 Å². The predicted molar refractivity (Wildman–Crippen MR) is 111 cm³/mol. The van der Waals surface area contributed by atoms with Crippen LogP contribution in [0.1, 0.15) is 117 Å². The van der Waals surface area contributed by atoms with Crippen molar-refractivity contribution < 1.29 is 14.6 Å². The van der Waals surface area contributed by atoms with Crippen LogP contribution in [0.2, 0.25) is 0 Å². The summed E-state index contributed by atoms with van der Waals surface area (Å²) in [5.74, 6) is -0.471. The normalized spacial score (nSPS) is 12.1. The molecule has 1 N–H and O–H groups in total. The fraction of sp³-hybridized carbons (Fsp3) is 0.870. The zero-order valence-corrected chi connectivity index (χ0v) is 17.6. The summed E-state index contributed by atoms with van der Waals surface area (Å²) in [6.45, 7) is 7.76. The monoisotopic (exact) mass is 368 g/mol. The number of hydrogen-bond donors (Lipinski definition) is 1. The lowest BCUT2D eigenvalue weighted by molar-refractivity contribution is -0.140. The highest BCUT2D eigenvalue weighted by Crippen LogP contribution is 2.13. The van der Waals surface area contributed by atoms with Gasteiger partial charge in [0.1, 0.15) is 0 Å². The van der Waals surface area contributed by atoms with E-state index >= 15 is 0 Å². The molecule has 0 aromatic carbocycles. The molecule has 0 fully saturated rings. The smallest absolute Gasteiger partial charge is 0.336 e. The molecule has 154 valence electrons. The van der Waals surface area contributed by atoms with Crippen molar-refractivity contribution in [2.45, 2.75) is 123 Å². The Hall–Kier alpha value is -0.830. The molecule has 1 atom stereocenters. The van der Waals surface area contributed by atoms with Gasteiger partial charge in [-0.1, -0.05) is 110 Å². The first-order valence-corrected chi connectivity index (χ1v) is 11.1. The second kappa shape index (κ2) is 18.9. The molecular formula is C23H44O3. The van der Waals surface area contributed by atoms with Crippen LogP contribution in [0, 0.1) is 0 Å². The minimum absolute atomic E-state index is 0.140. The van der Waals surface area contributed by atoms with Gasteiger partial charge in [0.05, 0.1) is 18.3 Å². The summed E-state index contributed by atoms with van der Waals surface area (Å²) in [5, 5.41) is 9.23. The Labute approximate surface area is 162 Å². The molecule has 0 aromatic heterocycles. The Bertz CT molecular complexity index is 336. The lowest BCUT2D eigenvalue weighted by Gasteiger charge is -2.08.